The van der Waals surface area contributed by atoms with Crippen LogP contribution in [0.5, 0.6) is 0 Å². The van der Waals surface area contributed by atoms with Gasteiger partial charge in [-0.2, -0.15) is 13.2 Å². The second kappa shape index (κ2) is 9.25. The smallest absolute Gasteiger partial charge is 0.383 e. The van der Waals surface area contributed by atoms with E-state index in [2.05, 4.69) is 5.32 Å². The van der Waals surface area contributed by atoms with E-state index in [0.717, 1.165) is 5.56 Å². The van der Waals surface area contributed by atoms with Crippen molar-refractivity contribution in [3.8, 4) is 0 Å². The van der Waals surface area contributed by atoms with Gasteiger partial charge in [0.1, 0.15) is 6.61 Å². The molecule has 1 rings (SSSR count). The molecular weight excluding hydrogens is 307 g/mol. The van der Waals surface area contributed by atoms with Crippen LogP contribution in [0.4, 0.5) is 13.2 Å². The minimum atomic E-state index is -4.31. The molecule has 0 spiro atoms. The minimum absolute atomic E-state index is 0.0128. The van der Waals surface area contributed by atoms with Crippen LogP contribution in [0.2, 0.25) is 5.02 Å². The first-order valence-electron chi connectivity index (χ1n) is 6.52. The summed E-state index contributed by atoms with van der Waals surface area (Å²) < 4.78 is 46.1. The van der Waals surface area contributed by atoms with Gasteiger partial charge in [-0.1, -0.05) is 23.7 Å². The molecule has 0 fully saturated rings. The lowest BCUT2D eigenvalue weighted by Crippen LogP contribution is -2.28. The average molecular weight is 326 g/mol. The van der Waals surface area contributed by atoms with Crippen molar-refractivity contribution >= 4 is 11.6 Å². The van der Waals surface area contributed by atoms with Gasteiger partial charge in [0.25, 0.3) is 0 Å². The van der Waals surface area contributed by atoms with Crippen molar-refractivity contribution in [2.75, 3.05) is 40.0 Å². The molecule has 0 saturated heterocycles. The number of nitrogens with one attached hydrogen (secondary N) is 1. The molecule has 3 nitrogen and oxygen atoms in total. The number of halogens is 4. The van der Waals surface area contributed by atoms with E-state index in [1.165, 1.54) is 0 Å². The molecule has 1 unspecified atom stereocenters. The SMILES string of the molecule is COCCNCC(COCC(F)(F)F)c1ccc(Cl)cc1. The highest BCUT2D eigenvalue weighted by atomic mass is 35.5. The highest BCUT2D eigenvalue weighted by molar-refractivity contribution is 6.30. The first-order valence-corrected chi connectivity index (χ1v) is 6.90. The zero-order valence-corrected chi connectivity index (χ0v) is 12.5. The Morgan fingerprint density at radius 2 is 1.90 bits per heavy atom. The number of methoxy groups -OCH3 is 1. The second-order valence-corrected chi connectivity index (χ2v) is 5.01. The van der Waals surface area contributed by atoms with Crippen molar-refractivity contribution in [1.29, 1.82) is 0 Å². The van der Waals surface area contributed by atoms with Crippen LogP contribution < -0.4 is 5.32 Å². The van der Waals surface area contributed by atoms with E-state index in [-0.39, 0.29) is 12.5 Å². The molecule has 0 amide bonds. The summed E-state index contributed by atoms with van der Waals surface area (Å²) in [5.74, 6) is -0.179. The molecule has 0 radical (unpaired) electrons. The topological polar surface area (TPSA) is 30.5 Å². The van der Waals surface area contributed by atoms with Crippen LogP contribution in [0, 0.1) is 0 Å². The summed E-state index contributed by atoms with van der Waals surface area (Å²) in [7, 11) is 1.59. The van der Waals surface area contributed by atoms with Crippen LogP contribution in [-0.4, -0.2) is 46.2 Å². The van der Waals surface area contributed by atoms with Gasteiger partial charge < -0.3 is 14.8 Å². The van der Waals surface area contributed by atoms with Gasteiger partial charge >= 0.3 is 6.18 Å². The third kappa shape index (κ3) is 8.26. The third-order valence-electron chi connectivity index (χ3n) is 2.80. The maximum absolute atomic E-state index is 12.1. The molecule has 7 heteroatoms. The van der Waals surface area contributed by atoms with E-state index >= 15 is 0 Å². The number of ether oxygens (including phenoxy) is 2. The Labute approximate surface area is 127 Å². The number of rotatable bonds is 9. The monoisotopic (exact) mass is 325 g/mol. The number of hydrogen-bond acceptors (Lipinski definition) is 3. The van der Waals surface area contributed by atoms with Crippen molar-refractivity contribution in [1.82, 2.24) is 5.32 Å². The maximum atomic E-state index is 12.1. The number of alkyl halides is 3. The van der Waals surface area contributed by atoms with Crippen LogP contribution in [0.25, 0.3) is 0 Å². The quantitative estimate of drug-likeness (QED) is 0.707. The highest BCUT2D eigenvalue weighted by Gasteiger charge is 2.28. The summed E-state index contributed by atoms with van der Waals surface area (Å²) in [6, 6.07) is 7.01. The van der Waals surface area contributed by atoms with Gasteiger partial charge in [0.2, 0.25) is 0 Å². The summed E-state index contributed by atoms with van der Waals surface area (Å²) >= 11 is 5.81. The van der Waals surface area contributed by atoms with Crippen LogP contribution in [0.15, 0.2) is 24.3 Å². The summed E-state index contributed by atoms with van der Waals surface area (Å²) in [5.41, 5.74) is 0.881. The van der Waals surface area contributed by atoms with Gasteiger partial charge in [-0.15, -0.1) is 0 Å². The van der Waals surface area contributed by atoms with Gasteiger partial charge in [0.15, 0.2) is 0 Å². The molecule has 0 aliphatic rings. The van der Waals surface area contributed by atoms with E-state index < -0.39 is 12.8 Å². The molecule has 0 aromatic heterocycles. The van der Waals surface area contributed by atoms with Crippen LogP contribution in [0.3, 0.4) is 0 Å². The van der Waals surface area contributed by atoms with E-state index in [1.54, 1.807) is 31.4 Å². The zero-order chi connectivity index (χ0) is 15.7. The fourth-order valence-corrected chi connectivity index (χ4v) is 1.90. The Bertz CT molecular complexity index is 398. The van der Waals surface area contributed by atoms with Crippen LogP contribution in [0.1, 0.15) is 11.5 Å². The molecule has 0 aliphatic heterocycles. The Hall–Kier alpha value is -0.820. The predicted molar refractivity (Wildman–Crippen MR) is 75.8 cm³/mol. The van der Waals surface area contributed by atoms with Gasteiger partial charge in [-0.3, -0.25) is 0 Å². The zero-order valence-electron chi connectivity index (χ0n) is 11.8. The van der Waals surface area contributed by atoms with E-state index in [0.29, 0.717) is 24.7 Å². The molecular formula is C14H19ClF3NO2. The molecule has 0 saturated carbocycles. The molecule has 0 heterocycles. The van der Waals surface area contributed by atoms with Crippen LogP contribution in [-0.2, 0) is 9.47 Å². The number of hydrogen-bond donors (Lipinski definition) is 1. The first-order chi connectivity index (χ1) is 9.92. The molecule has 120 valence electrons. The predicted octanol–water partition coefficient (Wildman–Crippen LogP) is 3.24. The van der Waals surface area contributed by atoms with Crippen molar-refractivity contribution < 1.29 is 22.6 Å². The lowest BCUT2D eigenvalue weighted by molar-refractivity contribution is -0.174. The molecule has 1 N–H and O–H groups in total. The van der Waals surface area contributed by atoms with E-state index in [4.69, 9.17) is 21.1 Å². The van der Waals surface area contributed by atoms with Crippen molar-refractivity contribution in [2.45, 2.75) is 12.1 Å². The molecule has 0 bridgehead atoms. The Morgan fingerprint density at radius 1 is 1.24 bits per heavy atom. The van der Waals surface area contributed by atoms with E-state index in [1.807, 2.05) is 0 Å². The van der Waals surface area contributed by atoms with Gasteiger partial charge in [-0.05, 0) is 17.7 Å². The molecule has 21 heavy (non-hydrogen) atoms. The maximum Gasteiger partial charge on any atom is 0.411 e. The summed E-state index contributed by atoms with van der Waals surface area (Å²) in [6.45, 7) is 0.412. The molecule has 1 atom stereocenters. The normalized spacial score (nSPS) is 13.4. The van der Waals surface area contributed by atoms with Gasteiger partial charge in [0.05, 0.1) is 13.2 Å². The fraction of sp³-hybridized carbons (Fsp3) is 0.571. The Balaban J connectivity index is 2.54. The summed E-state index contributed by atoms with van der Waals surface area (Å²) in [4.78, 5) is 0. The minimum Gasteiger partial charge on any atom is -0.383 e. The Morgan fingerprint density at radius 3 is 2.48 bits per heavy atom. The van der Waals surface area contributed by atoms with Gasteiger partial charge in [-0.25, -0.2) is 0 Å². The average Bonchev–Trinajstić information content (AvgIpc) is 2.41. The largest absolute Gasteiger partial charge is 0.411 e. The van der Waals surface area contributed by atoms with Gasteiger partial charge in [0, 0.05) is 31.1 Å². The summed E-state index contributed by atoms with van der Waals surface area (Å²) in [5, 5.41) is 3.71. The summed E-state index contributed by atoms with van der Waals surface area (Å²) in [6.07, 6.45) is -4.31. The van der Waals surface area contributed by atoms with Crippen molar-refractivity contribution in [3.63, 3.8) is 0 Å². The lowest BCUT2D eigenvalue weighted by atomic mass is 10.00. The molecule has 0 aliphatic carbocycles. The van der Waals surface area contributed by atoms with Crippen molar-refractivity contribution in [2.24, 2.45) is 0 Å². The Kier molecular flexibility index (Phi) is 8.03. The first kappa shape index (κ1) is 18.2. The molecule has 1 aromatic carbocycles. The second-order valence-electron chi connectivity index (χ2n) is 4.58. The molecule has 1 aromatic rings. The standard InChI is InChI=1S/C14H19ClF3NO2/c1-20-7-6-19-8-12(9-21-10-14(16,17)18)11-2-4-13(15)5-3-11/h2-5,12,19H,6-10H2,1H3. The van der Waals surface area contributed by atoms with Crippen molar-refractivity contribution in [3.05, 3.63) is 34.9 Å². The fourth-order valence-electron chi connectivity index (χ4n) is 1.78. The highest BCUT2D eigenvalue weighted by Crippen LogP contribution is 2.20. The van der Waals surface area contributed by atoms with E-state index in [9.17, 15) is 13.2 Å². The number of benzene rings is 1. The third-order valence-corrected chi connectivity index (χ3v) is 3.05. The lowest BCUT2D eigenvalue weighted by Gasteiger charge is -2.19. The van der Waals surface area contributed by atoms with Crippen LogP contribution >= 0.6 is 11.6 Å².